The number of methoxy groups -OCH3 is 1. The van der Waals surface area contributed by atoms with E-state index in [0.29, 0.717) is 11.8 Å². The lowest BCUT2D eigenvalue weighted by Gasteiger charge is -2.26. The molecule has 1 aromatic carbocycles. The van der Waals surface area contributed by atoms with Crippen LogP contribution in [0.4, 0.5) is 5.82 Å². The van der Waals surface area contributed by atoms with Gasteiger partial charge in [0.1, 0.15) is 11.6 Å². The van der Waals surface area contributed by atoms with Crippen LogP contribution in [0.25, 0.3) is 33.2 Å². The summed E-state index contributed by atoms with van der Waals surface area (Å²) in [5.74, 6) is 1.69. The summed E-state index contributed by atoms with van der Waals surface area (Å²) in [6, 6.07) is 12.7. The fraction of sp³-hybridized carbons (Fsp3) is 0.423. The van der Waals surface area contributed by atoms with Gasteiger partial charge in [-0.1, -0.05) is 0 Å². The Hall–Kier alpha value is -3.23. The standard InChI is InChI=1S/C26H32N6O2/c1-26(2,3)29-18-10-11-32(15-18)25-9-8-21-22(28-25)7-6-20(27-21)19-12-17-14-31(4)30-23(17)13-24(19)34-16-33-5/h6-9,12-14,18,29H,10-11,15-16H2,1-5H3/t18-/m0/s1. The number of pyridine rings is 2. The van der Waals surface area contributed by atoms with E-state index in [1.54, 1.807) is 11.8 Å². The first-order valence-corrected chi connectivity index (χ1v) is 11.7. The third-order valence-electron chi connectivity index (χ3n) is 6.01. The third kappa shape index (κ3) is 4.69. The van der Waals surface area contributed by atoms with Gasteiger partial charge in [0.05, 0.1) is 22.2 Å². The summed E-state index contributed by atoms with van der Waals surface area (Å²) in [6.45, 7) is 8.77. The molecule has 5 rings (SSSR count). The minimum absolute atomic E-state index is 0.114. The Balaban J connectivity index is 1.44. The SMILES string of the molecule is COCOc1cc2nn(C)cc2cc1-c1ccc2nc(N3CC[C@H](NC(C)(C)C)C3)ccc2n1. The Labute approximate surface area is 199 Å². The Kier molecular flexibility index (Phi) is 5.87. The first-order chi connectivity index (χ1) is 16.3. The van der Waals surface area contributed by atoms with Crippen LogP contribution < -0.4 is 15.0 Å². The molecular formula is C26H32N6O2. The zero-order valence-corrected chi connectivity index (χ0v) is 20.5. The molecule has 8 heteroatoms. The van der Waals surface area contributed by atoms with E-state index >= 15 is 0 Å². The zero-order chi connectivity index (χ0) is 23.9. The molecule has 4 heterocycles. The topological polar surface area (TPSA) is 77.3 Å². The third-order valence-corrected chi connectivity index (χ3v) is 6.01. The van der Waals surface area contributed by atoms with Crippen molar-refractivity contribution in [1.29, 1.82) is 0 Å². The monoisotopic (exact) mass is 460 g/mol. The summed E-state index contributed by atoms with van der Waals surface area (Å²) in [4.78, 5) is 12.2. The summed E-state index contributed by atoms with van der Waals surface area (Å²) >= 11 is 0. The van der Waals surface area contributed by atoms with Gasteiger partial charge < -0.3 is 19.7 Å². The van der Waals surface area contributed by atoms with Crippen LogP contribution >= 0.6 is 0 Å². The number of fused-ring (bicyclic) bond motifs is 2. The largest absolute Gasteiger partial charge is 0.467 e. The highest BCUT2D eigenvalue weighted by molar-refractivity contribution is 5.89. The van der Waals surface area contributed by atoms with Crippen LogP contribution in [0.2, 0.25) is 0 Å². The smallest absolute Gasteiger partial charge is 0.188 e. The van der Waals surface area contributed by atoms with Crippen molar-refractivity contribution < 1.29 is 9.47 Å². The Morgan fingerprint density at radius 2 is 1.85 bits per heavy atom. The molecule has 34 heavy (non-hydrogen) atoms. The molecule has 0 spiro atoms. The Morgan fingerprint density at radius 3 is 2.65 bits per heavy atom. The van der Waals surface area contributed by atoms with E-state index in [9.17, 15) is 0 Å². The van der Waals surface area contributed by atoms with Crippen LogP contribution in [0.1, 0.15) is 27.2 Å². The minimum Gasteiger partial charge on any atom is -0.467 e. The molecule has 8 nitrogen and oxygen atoms in total. The molecule has 0 aliphatic carbocycles. The highest BCUT2D eigenvalue weighted by Crippen LogP contribution is 2.34. The number of aryl methyl sites for hydroxylation is 1. The maximum atomic E-state index is 5.86. The highest BCUT2D eigenvalue weighted by Gasteiger charge is 2.26. The van der Waals surface area contributed by atoms with E-state index in [4.69, 9.17) is 19.4 Å². The molecule has 3 aromatic heterocycles. The normalized spacial score (nSPS) is 16.6. The van der Waals surface area contributed by atoms with E-state index in [0.717, 1.165) is 58.5 Å². The van der Waals surface area contributed by atoms with Gasteiger partial charge in [0.2, 0.25) is 0 Å². The van der Waals surface area contributed by atoms with Gasteiger partial charge in [-0.05, 0) is 57.5 Å². The number of hydrogen-bond acceptors (Lipinski definition) is 7. The fourth-order valence-electron chi connectivity index (χ4n) is 4.64. The number of aromatic nitrogens is 4. The van der Waals surface area contributed by atoms with Crippen molar-refractivity contribution in [2.24, 2.45) is 7.05 Å². The average Bonchev–Trinajstić information content (AvgIpc) is 3.40. The van der Waals surface area contributed by atoms with Crippen molar-refractivity contribution >= 4 is 27.8 Å². The molecule has 1 fully saturated rings. The number of rotatable bonds is 6. The van der Waals surface area contributed by atoms with E-state index in [1.807, 2.05) is 31.4 Å². The lowest BCUT2D eigenvalue weighted by atomic mass is 10.1. The first kappa shape index (κ1) is 22.6. The zero-order valence-electron chi connectivity index (χ0n) is 20.5. The number of hydrogen-bond donors (Lipinski definition) is 1. The Bertz CT molecular complexity index is 1330. The minimum atomic E-state index is 0.114. The van der Waals surface area contributed by atoms with Crippen LogP contribution in [0.5, 0.6) is 5.75 Å². The summed E-state index contributed by atoms with van der Waals surface area (Å²) < 4.78 is 12.8. The number of anilines is 1. The number of nitrogens with zero attached hydrogens (tertiary/aromatic N) is 5. The van der Waals surface area contributed by atoms with E-state index in [-0.39, 0.29) is 12.3 Å². The second kappa shape index (κ2) is 8.85. The summed E-state index contributed by atoms with van der Waals surface area (Å²) in [7, 11) is 3.52. The van der Waals surface area contributed by atoms with Crippen LogP contribution in [-0.4, -0.2) is 58.3 Å². The van der Waals surface area contributed by atoms with Crippen molar-refractivity contribution in [1.82, 2.24) is 25.1 Å². The van der Waals surface area contributed by atoms with Crippen molar-refractivity contribution in [3.63, 3.8) is 0 Å². The fourth-order valence-corrected chi connectivity index (χ4v) is 4.64. The number of benzene rings is 1. The van der Waals surface area contributed by atoms with Gasteiger partial charge in [-0.25, -0.2) is 9.97 Å². The molecule has 0 amide bonds. The second-order valence-electron chi connectivity index (χ2n) is 9.99. The first-order valence-electron chi connectivity index (χ1n) is 11.7. The van der Waals surface area contributed by atoms with E-state index in [2.05, 4.69) is 54.3 Å². The molecule has 0 saturated carbocycles. The number of ether oxygens (including phenoxy) is 2. The number of nitrogens with one attached hydrogen (secondary N) is 1. The molecule has 0 unspecified atom stereocenters. The maximum Gasteiger partial charge on any atom is 0.188 e. The molecule has 4 aromatic rings. The van der Waals surface area contributed by atoms with Crippen LogP contribution in [0.15, 0.2) is 42.6 Å². The van der Waals surface area contributed by atoms with Gasteiger partial charge in [-0.2, -0.15) is 5.10 Å². The molecule has 1 aliphatic heterocycles. The molecular weight excluding hydrogens is 428 g/mol. The van der Waals surface area contributed by atoms with Crippen molar-refractivity contribution in [2.75, 3.05) is 31.9 Å². The van der Waals surface area contributed by atoms with Gasteiger partial charge in [0.25, 0.3) is 0 Å². The van der Waals surface area contributed by atoms with Crippen LogP contribution in [0.3, 0.4) is 0 Å². The molecule has 178 valence electrons. The second-order valence-corrected chi connectivity index (χ2v) is 9.99. The van der Waals surface area contributed by atoms with Crippen LogP contribution in [-0.2, 0) is 11.8 Å². The summed E-state index contributed by atoms with van der Waals surface area (Å²) in [5, 5.41) is 9.23. The van der Waals surface area contributed by atoms with Crippen molar-refractivity contribution in [3.05, 3.63) is 42.6 Å². The highest BCUT2D eigenvalue weighted by atomic mass is 16.7. The van der Waals surface area contributed by atoms with Gasteiger partial charge in [0, 0.05) is 62.0 Å². The van der Waals surface area contributed by atoms with E-state index < -0.39 is 0 Å². The van der Waals surface area contributed by atoms with E-state index in [1.165, 1.54) is 0 Å². The quantitative estimate of drug-likeness (QED) is 0.434. The van der Waals surface area contributed by atoms with Gasteiger partial charge in [-0.15, -0.1) is 0 Å². The molecule has 1 atom stereocenters. The molecule has 1 saturated heterocycles. The maximum absolute atomic E-state index is 5.86. The Morgan fingerprint density at radius 1 is 1.06 bits per heavy atom. The van der Waals surface area contributed by atoms with Gasteiger partial charge >= 0.3 is 0 Å². The predicted molar refractivity (Wildman–Crippen MR) is 135 cm³/mol. The lowest BCUT2D eigenvalue weighted by molar-refractivity contribution is 0.0516. The van der Waals surface area contributed by atoms with Gasteiger partial charge in [0.15, 0.2) is 6.79 Å². The molecule has 1 N–H and O–H groups in total. The predicted octanol–water partition coefficient (Wildman–Crippen LogP) is 4.13. The average molecular weight is 461 g/mol. The van der Waals surface area contributed by atoms with Crippen LogP contribution in [0, 0.1) is 0 Å². The molecule has 0 bridgehead atoms. The summed E-state index contributed by atoms with van der Waals surface area (Å²) in [5.41, 5.74) is 4.45. The molecule has 0 radical (unpaired) electrons. The van der Waals surface area contributed by atoms with Crippen molar-refractivity contribution in [3.8, 4) is 17.0 Å². The van der Waals surface area contributed by atoms with Crippen molar-refractivity contribution in [2.45, 2.75) is 38.8 Å². The van der Waals surface area contributed by atoms with Gasteiger partial charge in [-0.3, -0.25) is 4.68 Å². The molecule has 1 aliphatic rings. The lowest BCUT2D eigenvalue weighted by Crippen LogP contribution is -2.44. The summed E-state index contributed by atoms with van der Waals surface area (Å²) in [6.07, 6.45) is 3.11.